The molecule has 1 amide bonds. The van der Waals surface area contributed by atoms with E-state index in [1.165, 1.54) is 0 Å². The van der Waals surface area contributed by atoms with E-state index >= 15 is 0 Å². The van der Waals surface area contributed by atoms with E-state index < -0.39 is 11.9 Å². The van der Waals surface area contributed by atoms with Crippen LogP contribution >= 0.6 is 0 Å². The Kier molecular flexibility index (Phi) is 4.16. The fourth-order valence-corrected chi connectivity index (χ4v) is 3.74. The van der Waals surface area contributed by atoms with E-state index in [-0.39, 0.29) is 17.2 Å². The summed E-state index contributed by atoms with van der Waals surface area (Å²) in [5.74, 6) is -1.44. The van der Waals surface area contributed by atoms with E-state index in [0.29, 0.717) is 6.42 Å². The second-order valence-electron chi connectivity index (χ2n) is 6.20. The smallest absolute Gasteiger partial charge is 0.307 e. The molecule has 1 heterocycles. The van der Waals surface area contributed by atoms with Crippen LogP contribution in [0.5, 0.6) is 0 Å². The summed E-state index contributed by atoms with van der Waals surface area (Å²) in [5.41, 5.74) is 0.271. The largest absolute Gasteiger partial charge is 0.481 e. The third kappa shape index (κ3) is 2.63. The SMILES string of the molecule is CCC1(CC)CCN(C(=O)C2CCCC2C(=O)O)C1. The first-order valence-corrected chi connectivity index (χ1v) is 7.54. The molecule has 1 saturated heterocycles. The standard InChI is InChI=1S/C15H25NO3/c1-3-15(4-2)8-9-16(10-15)13(17)11-6-5-7-12(11)14(18)19/h11-12H,3-10H2,1-2H3,(H,18,19). The molecule has 0 aromatic rings. The van der Waals surface area contributed by atoms with Gasteiger partial charge in [0.25, 0.3) is 0 Å². The lowest BCUT2D eigenvalue weighted by molar-refractivity contribution is -0.148. The van der Waals surface area contributed by atoms with Gasteiger partial charge in [-0.15, -0.1) is 0 Å². The summed E-state index contributed by atoms with van der Waals surface area (Å²) in [6.07, 6.45) is 5.54. The molecule has 1 saturated carbocycles. The molecule has 0 radical (unpaired) electrons. The fourth-order valence-electron chi connectivity index (χ4n) is 3.74. The molecule has 2 aliphatic rings. The van der Waals surface area contributed by atoms with Crippen LogP contribution in [0, 0.1) is 17.3 Å². The van der Waals surface area contributed by atoms with Crippen molar-refractivity contribution in [3.8, 4) is 0 Å². The zero-order valence-electron chi connectivity index (χ0n) is 12.0. The van der Waals surface area contributed by atoms with Gasteiger partial charge in [-0.25, -0.2) is 0 Å². The first-order chi connectivity index (χ1) is 9.03. The van der Waals surface area contributed by atoms with E-state index in [4.69, 9.17) is 0 Å². The van der Waals surface area contributed by atoms with E-state index in [1.807, 2.05) is 4.90 Å². The molecular formula is C15H25NO3. The van der Waals surface area contributed by atoms with E-state index in [0.717, 1.165) is 45.2 Å². The molecule has 0 spiro atoms. The molecule has 2 atom stereocenters. The molecular weight excluding hydrogens is 242 g/mol. The number of carbonyl (C=O) groups excluding carboxylic acids is 1. The average Bonchev–Trinajstić information content (AvgIpc) is 3.05. The number of rotatable bonds is 4. The van der Waals surface area contributed by atoms with Crippen molar-refractivity contribution in [2.45, 2.75) is 52.4 Å². The Labute approximate surface area is 115 Å². The average molecular weight is 267 g/mol. The number of hydrogen-bond acceptors (Lipinski definition) is 2. The minimum absolute atomic E-state index is 0.0914. The van der Waals surface area contributed by atoms with Gasteiger partial charge in [-0.1, -0.05) is 20.3 Å². The van der Waals surface area contributed by atoms with Gasteiger partial charge in [-0.3, -0.25) is 9.59 Å². The number of carboxylic acid groups (broad SMARTS) is 1. The molecule has 108 valence electrons. The highest BCUT2D eigenvalue weighted by molar-refractivity contribution is 5.85. The van der Waals surface area contributed by atoms with Crippen LogP contribution in [0.25, 0.3) is 0 Å². The minimum atomic E-state index is -0.799. The van der Waals surface area contributed by atoms with Crippen LogP contribution in [0.2, 0.25) is 0 Å². The second-order valence-corrected chi connectivity index (χ2v) is 6.20. The summed E-state index contributed by atoms with van der Waals surface area (Å²) in [7, 11) is 0. The van der Waals surface area contributed by atoms with Crippen molar-refractivity contribution in [2.75, 3.05) is 13.1 Å². The van der Waals surface area contributed by atoms with Crippen molar-refractivity contribution in [1.82, 2.24) is 4.90 Å². The highest BCUT2D eigenvalue weighted by Crippen LogP contribution is 2.40. The van der Waals surface area contributed by atoms with Crippen LogP contribution in [0.1, 0.15) is 52.4 Å². The van der Waals surface area contributed by atoms with E-state index in [2.05, 4.69) is 13.8 Å². The fraction of sp³-hybridized carbons (Fsp3) is 0.867. The molecule has 0 aromatic carbocycles. The third-order valence-corrected chi connectivity index (χ3v) is 5.40. The lowest BCUT2D eigenvalue weighted by Gasteiger charge is -2.28. The molecule has 1 N–H and O–H groups in total. The summed E-state index contributed by atoms with van der Waals surface area (Å²) in [6.45, 7) is 6.01. The number of nitrogens with zero attached hydrogens (tertiary/aromatic N) is 1. The van der Waals surface area contributed by atoms with Crippen LogP contribution in [-0.2, 0) is 9.59 Å². The highest BCUT2D eigenvalue weighted by atomic mass is 16.4. The normalized spacial score (nSPS) is 29.7. The second kappa shape index (κ2) is 5.51. The van der Waals surface area contributed by atoms with Crippen LogP contribution < -0.4 is 0 Å². The van der Waals surface area contributed by atoms with Crippen molar-refractivity contribution in [3.05, 3.63) is 0 Å². The van der Waals surface area contributed by atoms with Crippen LogP contribution in [0.4, 0.5) is 0 Å². The third-order valence-electron chi connectivity index (χ3n) is 5.40. The van der Waals surface area contributed by atoms with Gasteiger partial charge in [-0.2, -0.15) is 0 Å². The number of carbonyl (C=O) groups is 2. The zero-order valence-corrected chi connectivity index (χ0v) is 12.0. The number of hydrogen-bond donors (Lipinski definition) is 1. The zero-order chi connectivity index (χ0) is 14.0. The van der Waals surface area contributed by atoms with Gasteiger partial charge in [0.15, 0.2) is 0 Å². The molecule has 4 heteroatoms. The summed E-state index contributed by atoms with van der Waals surface area (Å²) in [6, 6.07) is 0. The van der Waals surface area contributed by atoms with Gasteiger partial charge in [0.1, 0.15) is 0 Å². The number of amides is 1. The van der Waals surface area contributed by atoms with Crippen LogP contribution in [-0.4, -0.2) is 35.0 Å². The quantitative estimate of drug-likeness (QED) is 0.851. The minimum Gasteiger partial charge on any atom is -0.481 e. The molecule has 4 nitrogen and oxygen atoms in total. The van der Waals surface area contributed by atoms with Gasteiger partial charge in [0.05, 0.1) is 11.8 Å². The number of likely N-dealkylation sites (tertiary alicyclic amines) is 1. The molecule has 1 aliphatic heterocycles. The van der Waals surface area contributed by atoms with Crippen molar-refractivity contribution in [1.29, 1.82) is 0 Å². The maximum atomic E-state index is 12.5. The lowest BCUT2D eigenvalue weighted by atomic mass is 9.82. The first-order valence-electron chi connectivity index (χ1n) is 7.54. The molecule has 2 rings (SSSR count). The van der Waals surface area contributed by atoms with Gasteiger partial charge in [0.2, 0.25) is 5.91 Å². The monoisotopic (exact) mass is 267 g/mol. The number of aliphatic carboxylic acids is 1. The van der Waals surface area contributed by atoms with E-state index in [9.17, 15) is 14.7 Å². The summed E-state index contributed by atoms with van der Waals surface area (Å²) in [4.78, 5) is 25.7. The predicted octanol–water partition coefficient (Wildman–Crippen LogP) is 2.53. The van der Waals surface area contributed by atoms with Gasteiger partial charge < -0.3 is 10.0 Å². The van der Waals surface area contributed by atoms with Gasteiger partial charge in [0, 0.05) is 13.1 Å². The van der Waals surface area contributed by atoms with Crippen molar-refractivity contribution in [3.63, 3.8) is 0 Å². The molecule has 1 aliphatic carbocycles. The maximum absolute atomic E-state index is 12.5. The van der Waals surface area contributed by atoms with Gasteiger partial charge in [-0.05, 0) is 37.5 Å². The molecule has 0 aromatic heterocycles. The van der Waals surface area contributed by atoms with Crippen molar-refractivity contribution in [2.24, 2.45) is 17.3 Å². The maximum Gasteiger partial charge on any atom is 0.307 e. The molecule has 2 fully saturated rings. The summed E-state index contributed by atoms with van der Waals surface area (Å²) in [5, 5.41) is 9.20. The Morgan fingerprint density at radius 1 is 1.21 bits per heavy atom. The molecule has 19 heavy (non-hydrogen) atoms. The Morgan fingerprint density at radius 2 is 1.84 bits per heavy atom. The Morgan fingerprint density at radius 3 is 2.37 bits per heavy atom. The summed E-state index contributed by atoms with van der Waals surface area (Å²) >= 11 is 0. The first kappa shape index (κ1) is 14.4. The van der Waals surface area contributed by atoms with Crippen LogP contribution in [0.15, 0.2) is 0 Å². The Balaban J connectivity index is 2.03. The topological polar surface area (TPSA) is 57.6 Å². The Hall–Kier alpha value is -1.06. The van der Waals surface area contributed by atoms with Crippen molar-refractivity contribution >= 4 is 11.9 Å². The summed E-state index contributed by atoms with van der Waals surface area (Å²) < 4.78 is 0. The Bertz CT molecular complexity index is 362. The highest BCUT2D eigenvalue weighted by Gasteiger charge is 2.43. The predicted molar refractivity (Wildman–Crippen MR) is 72.7 cm³/mol. The van der Waals surface area contributed by atoms with Crippen molar-refractivity contribution < 1.29 is 14.7 Å². The van der Waals surface area contributed by atoms with E-state index in [1.54, 1.807) is 0 Å². The van der Waals surface area contributed by atoms with Gasteiger partial charge >= 0.3 is 5.97 Å². The van der Waals surface area contributed by atoms with Crippen LogP contribution in [0.3, 0.4) is 0 Å². The number of carboxylic acids is 1. The molecule has 0 bridgehead atoms. The lowest BCUT2D eigenvalue weighted by Crippen LogP contribution is -2.39. The molecule has 2 unspecified atom stereocenters.